The smallest absolute Gasteiger partial charge is 0.306 e. The summed E-state index contributed by atoms with van der Waals surface area (Å²) in [6.45, 7) is 9.01. The Hall–Kier alpha value is -1.59. The third kappa shape index (κ3) is 45.5. The summed E-state index contributed by atoms with van der Waals surface area (Å²) < 4.78 is 16.8. The first-order chi connectivity index (χ1) is 28.4. The van der Waals surface area contributed by atoms with E-state index in [-0.39, 0.29) is 31.1 Å². The van der Waals surface area contributed by atoms with E-state index in [0.717, 1.165) is 63.7 Å². The lowest BCUT2D eigenvalue weighted by atomic mass is 10.0. The standard InChI is InChI=1S/C52H100O6/c1-5-7-9-11-13-15-17-18-19-20-21-23-29-33-37-41-45-52(55)58-49(46-56-50(53)43-39-35-31-27-22-16-14-12-10-8-6-2)47-57-51(54)44-40-36-32-28-25-24-26-30-34-38-42-48(3)4/h48-49H,5-47H2,1-4H3/t49-/m1/s1. The van der Waals surface area contributed by atoms with E-state index in [1.165, 1.54) is 186 Å². The van der Waals surface area contributed by atoms with Crippen LogP contribution in [0.2, 0.25) is 0 Å². The molecule has 0 aliphatic heterocycles. The van der Waals surface area contributed by atoms with E-state index in [0.29, 0.717) is 19.3 Å². The minimum Gasteiger partial charge on any atom is -0.462 e. The summed E-state index contributed by atoms with van der Waals surface area (Å²) in [5.41, 5.74) is 0. The average molecular weight is 821 g/mol. The molecule has 0 radical (unpaired) electrons. The van der Waals surface area contributed by atoms with E-state index in [4.69, 9.17) is 14.2 Å². The number of rotatable bonds is 47. The molecule has 1 atom stereocenters. The lowest BCUT2D eigenvalue weighted by molar-refractivity contribution is -0.167. The number of carbonyl (C=O) groups is 3. The number of unbranched alkanes of at least 4 members (excludes halogenated alkanes) is 34. The van der Waals surface area contributed by atoms with Gasteiger partial charge in [-0.05, 0) is 25.2 Å². The van der Waals surface area contributed by atoms with Crippen molar-refractivity contribution >= 4 is 17.9 Å². The molecule has 0 amide bonds. The van der Waals surface area contributed by atoms with Crippen LogP contribution in [0.4, 0.5) is 0 Å². The van der Waals surface area contributed by atoms with Crippen molar-refractivity contribution in [3.8, 4) is 0 Å². The van der Waals surface area contributed by atoms with Crippen molar-refractivity contribution in [3.05, 3.63) is 0 Å². The van der Waals surface area contributed by atoms with Gasteiger partial charge in [-0.1, -0.05) is 252 Å². The Bertz CT molecular complexity index is 872. The number of esters is 3. The van der Waals surface area contributed by atoms with Gasteiger partial charge in [-0.15, -0.1) is 0 Å². The Morgan fingerprint density at radius 2 is 0.569 bits per heavy atom. The lowest BCUT2D eigenvalue weighted by Crippen LogP contribution is -2.30. The second-order valence-electron chi connectivity index (χ2n) is 18.3. The van der Waals surface area contributed by atoms with Crippen LogP contribution in [0.25, 0.3) is 0 Å². The molecule has 0 aromatic carbocycles. The third-order valence-corrected chi connectivity index (χ3v) is 11.8. The Morgan fingerprint density at radius 3 is 0.845 bits per heavy atom. The molecule has 0 aromatic heterocycles. The zero-order valence-corrected chi connectivity index (χ0v) is 39.5. The fourth-order valence-electron chi connectivity index (χ4n) is 7.86. The van der Waals surface area contributed by atoms with Crippen LogP contribution in [0.1, 0.15) is 291 Å². The quantitative estimate of drug-likeness (QED) is 0.0346. The molecule has 0 aliphatic rings. The van der Waals surface area contributed by atoms with Crippen LogP contribution in [-0.4, -0.2) is 37.2 Å². The van der Waals surface area contributed by atoms with Gasteiger partial charge in [-0.3, -0.25) is 14.4 Å². The maximum Gasteiger partial charge on any atom is 0.306 e. The maximum absolute atomic E-state index is 12.8. The Kier molecular flexibility index (Phi) is 45.2. The molecule has 6 nitrogen and oxygen atoms in total. The number of hydrogen-bond donors (Lipinski definition) is 0. The molecule has 0 rings (SSSR count). The molecule has 0 N–H and O–H groups in total. The van der Waals surface area contributed by atoms with Gasteiger partial charge in [0.2, 0.25) is 0 Å². The van der Waals surface area contributed by atoms with Crippen LogP contribution in [0.3, 0.4) is 0 Å². The summed E-state index contributed by atoms with van der Waals surface area (Å²) in [4.78, 5) is 37.9. The van der Waals surface area contributed by atoms with Crippen LogP contribution in [-0.2, 0) is 28.6 Å². The van der Waals surface area contributed by atoms with E-state index in [1.54, 1.807) is 0 Å². The van der Waals surface area contributed by atoms with Gasteiger partial charge in [0.05, 0.1) is 0 Å². The normalized spacial score (nSPS) is 11.9. The first-order valence-electron chi connectivity index (χ1n) is 25.9. The molecular weight excluding hydrogens is 721 g/mol. The van der Waals surface area contributed by atoms with E-state index in [1.807, 2.05) is 0 Å². The lowest BCUT2D eigenvalue weighted by Gasteiger charge is -2.18. The van der Waals surface area contributed by atoms with Crippen LogP contribution in [0, 0.1) is 5.92 Å². The third-order valence-electron chi connectivity index (χ3n) is 11.8. The Balaban J connectivity index is 4.30. The highest BCUT2D eigenvalue weighted by Crippen LogP contribution is 2.17. The zero-order valence-electron chi connectivity index (χ0n) is 39.5. The molecule has 58 heavy (non-hydrogen) atoms. The fraction of sp³-hybridized carbons (Fsp3) is 0.942. The summed E-state index contributed by atoms with van der Waals surface area (Å²) in [5, 5.41) is 0. The van der Waals surface area contributed by atoms with Gasteiger partial charge in [-0.25, -0.2) is 0 Å². The molecule has 0 heterocycles. The molecule has 0 saturated heterocycles. The predicted octanol–water partition coefficient (Wildman–Crippen LogP) is 16.7. The summed E-state index contributed by atoms with van der Waals surface area (Å²) >= 11 is 0. The van der Waals surface area contributed by atoms with E-state index in [2.05, 4.69) is 27.7 Å². The molecule has 0 fully saturated rings. The van der Waals surface area contributed by atoms with Gasteiger partial charge in [0.15, 0.2) is 6.10 Å². The van der Waals surface area contributed by atoms with E-state index >= 15 is 0 Å². The number of ether oxygens (including phenoxy) is 3. The van der Waals surface area contributed by atoms with Crippen molar-refractivity contribution in [3.63, 3.8) is 0 Å². The van der Waals surface area contributed by atoms with Gasteiger partial charge < -0.3 is 14.2 Å². The second kappa shape index (κ2) is 46.5. The Labute approximate surface area is 361 Å². The average Bonchev–Trinajstić information content (AvgIpc) is 3.21. The van der Waals surface area contributed by atoms with Gasteiger partial charge >= 0.3 is 17.9 Å². The monoisotopic (exact) mass is 821 g/mol. The van der Waals surface area contributed by atoms with Crippen LogP contribution >= 0.6 is 0 Å². The van der Waals surface area contributed by atoms with Crippen molar-refractivity contribution in [2.24, 2.45) is 5.92 Å². The van der Waals surface area contributed by atoms with Crippen LogP contribution in [0.15, 0.2) is 0 Å². The van der Waals surface area contributed by atoms with Crippen molar-refractivity contribution in [2.45, 2.75) is 297 Å². The SMILES string of the molecule is CCCCCCCCCCCCCCCCCCC(=O)O[C@H](COC(=O)CCCCCCCCCCCCC)COC(=O)CCCCCCCCCCCCC(C)C. The Morgan fingerprint density at radius 1 is 0.328 bits per heavy atom. The first kappa shape index (κ1) is 56.4. The molecule has 0 bridgehead atoms. The minimum absolute atomic E-state index is 0.0629. The van der Waals surface area contributed by atoms with Crippen molar-refractivity contribution < 1.29 is 28.6 Å². The summed E-state index contributed by atoms with van der Waals surface area (Å²) in [5.74, 6) is -0.0267. The molecule has 0 aliphatic carbocycles. The molecular formula is C52H100O6. The molecule has 344 valence electrons. The van der Waals surface area contributed by atoms with E-state index < -0.39 is 6.10 Å². The molecule has 0 spiro atoms. The first-order valence-corrected chi connectivity index (χ1v) is 25.9. The molecule has 0 unspecified atom stereocenters. The van der Waals surface area contributed by atoms with Crippen molar-refractivity contribution in [1.29, 1.82) is 0 Å². The van der Waals surface area contributed by atoms with Gasteiger partial charge in [0.1, 0.15) is 13.2 Å². The highest BCUT2D eigenvalue weighted by Gasteiger charge is 2.19. The van der Waals surface area contributed by atoms with Crippen molar-refractivity contribution in [2.75, 3.05) is 13.2 Å². The molecule has 0 aromatic rings. The summed E-state index contributed by atoms with van der Waals surface area (Å²) in [6, 6.07) is 0. The van der Waals surface area contributed by atoms with Gasteiger partial charge in [0, 0.05) is 19.3 Å². The maximum atomic E-state index is 12.8. The second-order valence-corrected chi connectivity index (χ2v) is 18.3. The summed E-state index contributed by atoms with van der Waals surface area (Å²) in [6.07, 6.45) is 48.0. The highest BCUT2D eigenvalue weighted by atomic mass is 16.6. The van der Waals surface area contributed by atoms with Crippen molar-refractivity contribution in [1.82, 2.24) is 0 Å². The topological polar surface area (TPSA) is 78.9 Å². The highest BCUT2D eigenvalue weighted by molar-refractivity contribution is 5.71. The van der Waals surface area contributed by atoms with Gasteiger partial charge in [0.25, 0.3) is 0 Å². The minimum atomic E-state index is -0.760. The molecule has 0 saturated carbocycles. The zero-order chi connectivity index (χ0) is 42.4. The van der Waals surface area contributed by atoms with E-state index in [9.17, 15) is 14.4 Å². The van der Waals surface area contributed by atoms with Gasteiger partial charge in [-0.2, -0.15) is 0 Å². The molecule has 6 heteroatoms. The van der Waals surface area contributed by atoms with Crippen LogP contribution < -0.4 is 0 Å². The van der Waals surface area contributed by atoms with Crippen LogP contribution in [0.5, 0.6) is 0 Å². The predicted molar refractivity (Wildman–Crippen MR) is 247 cm³/mol. The largest absolute Gasteiger partial charge is 0.462 e. The number of carbonyl (C=O) groups excluding carboxylic acids is 3. The number of hydrogen-bond acceptors (Lipinski definition) is 6. The summed E-state index contributed by atoms with van der Waals surface area (Å²) in [7, 11) is 0. The fourth-order valence-corrected chi connectivity index (χ4v) is 7.86.